The summed E-state index contributed by atoms with van der Waals surface area (Å²) in [6.07, 6.45) is 2.20. The normalized spacial score (nSPS) is 11.7. The van der Waals surface area contributed by atoms with Gasteiger partial charge in [0.2, 0.25) is 0 Å². The van der Waals surface area contributed by atoms with Crippen molar-refractivity contribution < 1.29 is 10.1 Å². The Hall–Kier alpha value is -0.250. The lowest BCUT2D eigenvalue weighted by atomic mass is 10.1. The first-order chi connectivity index (χ1) is 8.79. The highest BCUT2D eigenvalue weighted by atomic mass is 79.9. The van der Waals surface area contributed by atoms with E-state index in [1.807, 2.05) is 19.1 Å². The van der Waals surface area contributed by atoms with Gasteiger partial charge in [0.05, 0.1) is 28.2 Å². The Morgan fingerprint density at radius 2 is 1.95 bits per heavy atom. The molecular formula is C15H24BrClNO+. The van der Waals surface area contributed by atoms with Gasteiger partial charge in [-0.2, -0.15) is 0 Å². The number of quaternary nitrogens is 1. The predicted octanol–water partition coefficient (Wildman–Crippen LogP) is 3.93. The summed E-state index contributed by atoms with van der Waals surface area (Å²) in [7, 11) is 0. The average molecular weight is 350 g/mol. The van der Waals surface area contributed by atoms with Crippen LogP contribution < -0.4 is 10.1 Å². The van der Waals surface area contributed by atoms with Crippen LogP contribution in [0.4, 0.5) is 0 Å². The van der Waals surface area contributed by atoms with Gasteiger partial charge in [-0.1, -0.05) is 11.6 Å². The third-order valence-corrected chi connectivity index (χ3v) is 3.61. The largest absolute Gasteiger partial charge is 0.491 e. The smallest absolute Gasteiger partial charge is 0.152 e. The van der Waals surface area contributed by atoms with Crippen LogP contribution in [0.5, 0.6) is 5.75 Å². The molecule has 0 spiro atoms. The number of unbranched alkanes of at least 4 members (excludes halogenated alkanes) is 1. The van der Waals surface area contributed by atoms with Crippen molar-refractivity contribution in [2.24, 2.45) is 0 Å². The number of nitrogens with two attached hydrogens (primary N) is 1. The quantitative estimate of drug-likeness (QED) is 0.774. The fourth-order valence-corrected chi connectivity index (χ4v) is 2.91. The number of benzene rings is 1. The molecular weight excluding hydrogens is 326 g/mol. The lowest BCUT2D eigenvalue weighted by Gasteiger charge is -2.16. The van der Waals surface area contributed by atoms with Gasteiger partial charge in [0.1, 0.15) is 0 Å². The van der Waals surface area contributed by atoms with E-state index in [9.17, 15) is 0 Å². The summed E-state index contributed by atoms with van der Waals surface area (Å²) >= 11 is 9.66. The van der Waals surface area contributed by atoms with Gasteiger partial charge in [-0.25, -0.2) is 0 Å². The van der Waals surface area contributed by atoms with Crippen molar-refractivity contribution in [1.82, 2.24) is 0 Å². The monoisotopic (exact) mass is 348 g/mol. The first kappa shape index (κ1) is 16.8. The van der Waals surface area contributed by atoms with E-state index in [0.29, 0.717) is 17.2 Å². The van der Waals surface area contributed by atoms with E-state index in [1.54, 1.807) is 0 Å². The Morgan fingerprint density at radius 1 is 1.26 bits per heavy atom. The molecule has 0 heterocycles. The molecule has 0 saturated heterocycles. The molecule has 0 aliphatic rings. The van der Waals surface area contributed by atoms with Gasteiger partial charge in [-0.05, 0) is 74.2 Å². The summed E-state index contributed by atoms with van der Waals surface area (Å²) in [5.41, 5.74) is 1.44. The maximum absolute atomic E-state index is 6.17. The zero-order valence-corrected chi connectivity index (χ0v) is 14.6. The topological polar surface area (TPSA) is 25.8 Å². The van der Waals surface area contributed by atoms with E-state index in [2.05, 4.69) is 42.0 Å². The standard InChI is InChI=1S/C15H23BrClNO/c1-11-9-12(16)14(13(17)10-11)19-8-6-5-7-18-15(2,3)4/h9-10,18H,5-8H2,1-4H3/p+1. The molecule has 1 aromatic rings. The van der Waals surface area contributed by atoms with Crippen molar-refractivity contribution in [3.8, 4) is 5.75 Å². The van der Waals surface area contributed by atoms with Gasteiger partial charge in [0, 0.05) is 0 Å². The minimum atomic E-state index is 0.310. The fourth-order valence-electron chi connectivity index (χ4n) is 1.78. The lowest BCUT2D eigenvalue weighted by Crippen LogP contribution is -2.94. The molecule has 0 fully saturated rings. The van der Waals surface area contributed by atoms with Crippen LogP contribution in [0.25, 0.3) is 0 Å². The second-order valence-corrected chi connectivity index (χ2v) is 7.23. The van der Waals surface area contributed by atoms with Crippen molar-refractivity contribution >= 4 is 27.5 Å². The first-order valence-corrected chi connectivity index (χ1v) is 7.89. The van der Waals surface area contributed by atoms with Crippen molar-refractivity contribution in [3.63, 3.8) is 0 Å². The minimum Gasteiger partial charge on any atom is -0.491 e. The molecule has 1 aromatic carbocycles. The van der Waals surface area contributed by atoms with Crippen molar-refractivity contribution in [2.75, 3.05) is 13.2 Å². The van der Waals surface area contributed by atoms with E-state index >= 15 is 0 Å². The number of ether oxygens (including phenoxy) is 1. The van der Waals surface area contributed by atoms with Crippen molar-refractivity contribution in [3.05, 3.63) is 27.2 Å². The molecule has 0 amide bonds. The Kier molecular flexibility index (Phi) is 6.64. The van der Waals surface area contributed by atoms with E-state index < -0.39 is 0 Å². The summed E-state index contributed by atoms with van der Waals surface area (Å²) in [6, 6.07) is 3.95. The summed E-state index contributed by atoms with van der Waals surface area (Å²) in [5.74, 6) is 0.757. The second kappa shape index (κ2) is 7.51. The third-order valence-electron chi connectivity index (χ3n) is 2.74. The van der Waals surface area contributed by atoms with Crippen LogP contribution >= 0.6 is 27.5 Å². The van der Waals surface area contributed by atoms with Gasteiger partial charge in [0.15, 0.2) is 5.75 Å². The molecule has 4 heteroatoms. The number of hydrogen-bond donors (Lipinski definition) is 1. The molecule has 0 aromatic heterocycles. The van der Waals surface area contributed by atoms with Gasteiger partial charge >= 0.3 is 0 Å². The van der Waals surface area contributed by atoms with Gasteiger partial charge in [-0.3, -0.25) is 0 Å². The molecule has 108 valence electrons. The van der Waals surface area contributed by atoms with Gasteiger partial charge in [0.25, 0.3) is 0 Å². The zero-order valence-electron chi connectivity index (χ0n) is 12.2. The molecule has 0 aliphatic heterocycles. The Balaban J connectivity index is 2.30. The molecule has 0 atom stereocenters. The lowest BCUT2D eigenvalue weighted by molar-refractivity contribution is -0.717. The van der Waals surface area contributed by atoms with E-state index in [0.717, 1.165) is 35.2 Å². The molecule has 2 nitrogen and oxygen atoms in total. The van der Waals surface area contributed by atoms with Crippen molar-refractivity contribution in [1.29, 1.82) is 0 Å². The second-order valence-electron chi connectivity index (χ2n) is 5.97. The van der Waals surface area contributed by atoms with Crippen LogP contribution in [0.3, 0.4) is 0 Å². The maximum Gasteiger partial charge on any atom is 0.152 e. The van der Waals surface area contributed by atoms with Crippen LogP contribution in [-0.4, -0.2) is 18.7 Å². The van der Waals surface area contributed by atoms with Gasteiger partial charge < -0.3 is 10.1 Å². The number of rotatable bonds is 6. The highest BCUT2D eigenvalue weighted by molar-refractivity contribution is 9.10. The molecule has 1 rings (SSSR count). The summed E-state index contributed by atoms with van der Waals surface area (Å²) < 4.78 is 6.69. The Labute approximate surface area is 130 Å². The SMILES string of the molecule is Cc1cc(Cl)c(OCCCC[NH2+]C(C)(C)C)c(Br)c1. The van der Waals surface area contributed by atoms with Gasteiger partial charge in [-0.15, -0.1) is 0 Å². The first-order valence-electron chi connectivity index (χ1n) is 6.72. The molecule has 19 heavy (non-hydrogen) atoms. The van der Waals surface area contributed by atoms with Crippen LogP contribution in [0, 0.1) is 6.92 Å². The maximum atomic E-state index is 6.17. The summed E-state index contributed by atoms with van der Waals surface area (Å²) in [5, 5.41) is 3.04. The molecule has 0 bridgehead atoms. The van der Waals surface area contributed by atoms with E-state index in [-0.39, 0.29) is 0 Å². The molecule has 2 N–H and O–H groups in total. The third kappa shape index (κ3) is 6.64. The van der Waals surface area contributed by atoms with Crippen LogP contribution in [-0.2, 0) is 0 Å². The molecule has 0 unspecified atom stereocenters. The average Bonchev–Trinajstić information content (AvgIpc) is 2.24. The Bertz CT molecular complexity index is 392. The molecule has 0 saturated carbocycles. The van der Waals surface area contributed by atoms with E-state index in [1.165, 1.54) is 0 Å². The Morgan fingerprint density at radius 3 is 2.53 bits per heavy atom. The van der Waals surface area contributed by atoms with Crippen LogP contribution in [0.1, 0.15) is 39.2 Å². The highest BCUT2D eigenvalue weighted by Crippen LogP contribution is 2.34. The summed E-state index contributed by atoms with van der Waals surface area (Å²) in [6.45, 7) is 10.5. The fraction of sp³-hybridized carbons (Fsp3) is 0.600. The molecule has 0 aliphatic carbocycles. The van der Waals surface area contributed by atoms with Crippen LogP contribution in [0.15, 0.2) is 16.6 Å². The predicted molar refractivity (Wildman–Crippen MR) is 85.2 cm³/mol. The minimum absolute atomic E-state index is 0.310. The number of hydrogen-bond acceptors (Lipinski definition) is 1. The van der Waals surface area contributed by atoms with Crippen molar-refractivity contribution in [2.45, 2.75) is 46.1 Å². The van der Waals surface area contributed by atoms with Crippen LogP contribution in [0.2, 0.25) is 5.02 Å². The zero-order chi connectivity index (χ0) is 14.5. The van der Waals surface area contributed by atoms with E-state index in [4.69, 9.17) is 16.3 Å². The molecule has 0 radical (unpaired) electrons. The number of halogens is 2. The number of aryl methyl sites for hydroxylation is 1. The summed E-state index contributed by atoms with van der Waals surface area (Å²) in [4.78, 5) is 0. The highest BCUT2D eigenvalue weighted by Gasteiger charge is 2.12.